The van der Waals surface area contributed by atoms with E-state index in [0.29, 0.717) is 17.0 Å². The number of nitrogens with zero attached hydrogens (tertiary/aromatic N) is 4. The summed E-state index contributed by atoms with van der Waals surface area (Å²) >= 11 is 1.39. The van der Waals surface area contributed by atoms with Crippen LogP contribution in [0.25, 0.3) is 6.08 Å². The molecule has 2 saturated heterocycles. The van der Waals surface area contributed by atoms with Gasteiger partial charge < -0.3 is 9.80 Å². The maximum atomic E-state index is 14.0. The molecule has 3 heterocycles. The SMILES string of the molecule is O=C1/C(=C\c2cccc(F)c2)SC(c2cccc(F)c2)N1CCCN1CCN(c2ccccn2)CC1. The van der Waals surface area contributed by atoms with E-state index < -0.39 is 0 Å². The minimum absolute atomic E-state index is 0.0986. The lowest BCUT2D eigenvalue weighted by molar-refractivity contribution is -0.126. The predicted molar refractivity (Wildman–Crippen MR) is 140 cm³/mol. The molecule has 186 valence electrons. The van der Waals surface area contributed by atoms with Crippen LogP contribution in [-0.2, 0) is 4.79 Å². The van der Waals surface area contributed by atoms with Gasteiger partial charge in [0.15, 0.2) is 0 Å². The van der Waals surface area contributed by atoms with E-state index >= 15 is 0 Å². The molecule has 0 saturated carbocycles. The van der Waals surface area contributed by atoms with Gasteiger partial charge >= 0.3 is 0 Å². The third kappa shape index (κ3) is 5.77. The van der Waals surface area contributed by atoms with E-state index in [1.165, 1.54) is 36.0 Å². The Bertz CT molecular complexity index is 1230. The number of pyridine rings is 1. The largest absolute Gasteiger partial charge is 0.354 e. The Morgan fingerprint density at radius 2 is 1.69 bits per heavy atom. The van der Waals surface area contributed by atoms with Crippen LogP contribution < -0.4 is 4.90 Å². The fourth-order valence-electron chi connectivity index (χ4n) is 4.66. The molecule has 0 N–H and O–H groups in total. The molecule has 36 heavy (non-hydrogen) atoms. The van der Waals surface area contributed by atoms with E-state index in [9.17, 15) is 13.6 Å². The zero-order chi connectivity index (χ0) is 24.9. The van der Waals surface area contributed by atoms with Gasteiger partial charge in [-0.3, -0.25) is 9.69 Å². The molecule has 1 unspecified atom stereocenters. The highest BCUT2D eigenvalue weighted by Gasteiger charge is 2.37. The quantitative estimate of drug-likeness (QED) is 0.413. The van der Waals surface area contributed by atoms with Gasteiger partial charge in [0.25, 0.3) is 5.91 Å². The highest BCUT2D eigenvalue weighted by atomic mass is 32.2. The van der Waals surface area contributed by atoms with Crippen LogP contribution in [0, 0.1) is 11.6 Å². The summed E-state index contributed by atoms with van der Waals surface area (Å²) in [4.78, 5) is 24.9. The van der Waals surface area contributed by atoms with Crippen molar-refractivity contribution in [2.24, 2.45) is 0 Å². The molecular formula is C28H28F2N4OS. The second-order valence-electron chi connectivity index (χ2n) is 8.96. The van der Waals surface area contributed by atoms with Gasteiger partial charge in [0.2, 0.25) is 0 Å². The molecule has 2 aliphatic rings. The van der Waals surface area contributed by atoms with Gasteiger partial charge in [-0.25, -0.2) is 13.8 Å². The topological polar surface area (TPSA) is 39.7 Å². The summed E-state index contributed by atoms with van der Waals surface area (Å²) in [5.41, 5.74) is 1.39. The molecule has 0 aliphatic carbocycles. The Morgan fingerprint density at radius 1 is 0.917 bits per heavy atom. The van der Waals surface area contributed by atoms with Gasteiger partial charge in [-0.1, -0.05) is 42.1 Å². The second-order valence-corrected chi connectivity index (χ2v) is 10.1. The zero-order valence-corrected chi connectivity index (χ0v) is 20.7. The number of rotatable bonds is 7. The number of benzene rings is 2. The van der Waals surface area contributed by atoms with Crippen molar-refractivity contribution in [3.05, 3.63) is 101 Å². The Labute approximate surface area is 214 Å². The number of hydrogen-bond donors (Lipinski definition) is 0. The molecule has 1 atom stereocenters. The van der Waals surface area contributed by atoms with Crippen LogP contribution in [0.15, 0.2) is 77.8 Å². The average Bonchev–Trinajstić information content (AvgIpc) is 3.20. The maximum Gasteiger partial charge on any atom is 0.261 e. The van der Waals surface area contributed by atoms with Crippen molar-refractivity contribution in [3.63, 3.8) is 0 Å². The number of piperazine rings is 1. The fourth-order valence-corrected chi connectivity index (χ4v) is 5.93. The third-order valence-electron chi connectivity index (χ3n) is 6.49. The lowest BCUT2D eigenvalue weighted by Gasteiger charge is -2.35. The predicted octanol–water partition coefficient (Wildman–Crippen LogP) is 5.19. The van der Waals surface area contributed by atoms with Crippen molar-refractivity contribution in [3.8, 4) is 0 Å². The van der Waals surface area contributed by atoms with Crippen molar-refractivity contribution in [2.75, 3.05) is 44.2 Å². The number of carbonyl (C=O) groups excluding carboxylic acids is 1. The van der Waals surface area contributed by atoms with E-state index in [0.717, 1.165) is 50.5 Å². The van der Waals surface area contributed by atoms with E-state index in [1.54, 1.807) is 24.3 Å². The monoisotopic (exact) mass is 506 g/mol. The molecule has 3 aromatic rings. The summed E-state index contributed by atoms with van der Waals surface area (Å²) in [6, 6.07) is 18.6. The van der Waals surface area contributed by atoms with Crippen LogP contribution in [0.3, 0.4) is 0 Å². The van der Waals surface area contributed by atoms with Crippen LogP contribution in [0.1, 0.15) is 22.9 Å². The lowest BCUT2D eigenvalue weighted by atomic mass is 10.1. The minimum Gasteiger partial charge on any atom is -0.354 e. The number of thioether (sulfide) groups is 1. The molecular weight excluding hydrogens is 478 g/mol. The number of hydrogen-bond acceptors (Lipinski definition) is 5. The first-order valence-corrected chi connectivity index (χ1v) is 13.0. The van der Waals surface area contributed by atoms with Gasteiger partial charge in [-0.05, 0) is 66.6 Å². The number of anilines is 1. The highest BCUT2D eigenvalue weighted by molar-refractivity contribution is 8.04. The van der Waals surface area contributed by atoms with Crippen molar-refractivity contribution < 1.29 is 13.6 Å². The Morgan fingerprint density at radius 3 is 2.42 bits per heavy atom. The Hall–Kier alpha value is -3.23. The number of halogens is 2. The van der Waals surface area contributed by atoms with Gasteiger partial charge in [0.1, 0.15) is 22.8 Å². The lowest BCUT2D eigenvalue weighted by Crippen LogP contribution is -2.47. The van der Waals surface area contributed by atoms with Crippen molar-refractivity contribution in [1.82, 2.24) is 14.8 Å². The average molecular weight is 507 g/mol. The molecule has 5 nitrogen and oxygen atoms in total. The standard InChI is InChI=1S/C28H28F2N4OS/c29-23-8-3-6-21(18-23)19-25-27(35)34(28(36-25)22-7-4-9-24(30)20-22)13-5-12-32-14-16-33(17-15-32)26-10-1-2-11-31-26/h1-4,6-11,18-20,28H,5,12-17H2/b25-19+. The molecule has 1 aromatic heterocycles. The van der Waals surface area contributed by atoms with E-state index in [-0.39, 0.29) is 22.9 Å². The molecule has 2 aromatic carbocycles. The van der Waals surface area contributed by atoms with Gasteiger partial charge in [0, 0.05) is 38.9 Å². The number of aromatic nitrogens is 1. The van der Waals surface area contributed by atoms with Crippen LogP contribution in [0.5, 0.6) is 0 Å². The summed E-state index contributed by atoms with van der Waals surface area (Å²) in [6.07, 6.45) is 4.35. The number of amides is 1. The molecule has 2 fully saturated rings. The summed E-state index contributed by atoms with van der Waals surface area (Å²) in [6.45, 7) is 5.16. The van der Waals surface area contributed by atoms with Crippen molar-refractivity contribution >= 4 is 29.6 Å². The normalized spacial score (nSPS) is 19.9. The fraction of sp³-hybridized carbons (Fsp3) is 0.286. The first-order valence-electron chi connectivity index (χ1n) is 12.2. The first kappa shape index (κ1) is 24.5. The van der Waals surface area contributed by atoms with Crippen LogP contribution in [-0.4, -0.2) is 60.0 Å². The summed E-state index contributed by atoms with van der Waals surface area (Å²) < 4.78 is 27.7. The van der Waals surface area contributed by atoms with Gasteiger partial charge in [-0.15, -0.1) is 0 Å². The molecule has 1 amide bonds. The highest BCUT2D eigenvalue weighted by Crippen LogP contribution is 2.46. The van der Waals surface area contributed by atoms with Gasteiger partial charge in [-0.2, -0.15) is 0 Å². The zero-order valence-electron chi connectivity index (χ0n) is 19.9. The molecule has 0 radical (unpaired) electrons. The van der Waals surface area contributed by atoms with Gasteiger partial charge in [0.05, 0.1) is 4.91 Å². The minimum atomic E-state index is -0.346. The second kappa shape index (κ2) is 11.2. The van der Waals surface area contributed by atoms with Crippen LogP contribution in [0.2, 0.25) is 0 Å². The summed E-state index contributed by atoms with van der Waals surface area (Å²) in [7, 11) is 0. The maximum absolute atomic E-state index is 14.0. The Kier molecular flexibility index (Phi) is 7.63. The van der Waals surface area contributed by atoms with Crippen molar-refractivity contribution in [1.29, 1.82) is 0 Å². The van der Waals surface area contributed by atoms with Crippen molar-refractivity contribution in [2.45, 2.75) is 11.8 Å². The van der Waals surface area contributed by atoms with E-state index in [4.69, 9.17) is 0 Å². The summed E-state index contributed by atoms with van der Waals surface area (Å²) in [5.74, 6) is 0.237. The molecule has 2 aliphatic heterocycles. The van der Waals surface area contributed by atoms with Crippen LogP contribution in [0.4, 0.5) is 14.6 Å². The molecule has 0 spiro atoms. The first-order chi connectivity index (χ1) is 17.6. The smallest absolute Gasteiger partial charge is 0.261 e. The molecule has 0 bridgehead atoms. The van der Waals surface area contributed by atoms with Crippen LogP contribution >= 0.6 is 11.8 Å². The molecule has 8 heteroatoms. The van der Waals surface area contributed by atoms with E-state index in [1.807, 2.05) is 35.4 Å². The number of carbonyl (C=O) groups is 1. The molecule has 5 rings (SSSR count). The van der Waals surface area contributed by atoms with E-state index in [2.05, 4.69) is 14.8 Å². The summed E-state index contributed by atoms with van der Waals surface area (Å²) in [5, 5.41) is -0.311. The Balaban J connectivity index is 1.24. The third-order valence-corrected chi connectivity index (χ3v) is 7.79.